The molecule has 2 N–H and O–H groups in total. The number of nitro groups is 1. The van der Waals surface area contributed by atoms with Crippen LogP contribution in [-0.2, 0) is 20.9 Å². The van der Waals surface area contributed by atoms with Crippen molar-refractivity contribution in [1.82, 2.24) is 4.90 Å². The highest BCUT2D eigenvalue weighted by molar-refractivity contribution is 6.01. The molecule has 1 unspecified atom stereocenters. The molecule has 1 rings (SSSR count). The van der Waals surface area contributed by atoms with Crippen molar-refractivity contribution < 1.29 is 19.2 Å². The second kappa shape index (κ2) is 7.34. The molecule has 0 bridgehead atoms. The first-order chi connectivity index (χ1) is 9.88. The number of para-hydroxylation sites is 1. The van der Waals surface area contributed by atoms with Crippen molar-refractivity contribution in [3.63, 3.8) is 0 Å². The highest BCUT2D eigenvalue weighted by atomic mass is 16.6. The number of benzene rings is 1. The topological polar surface area (TPSA) is 116 Å². The molecule has 0 spiro atoms. The van der Waals surface area contributed by atoms with E-state index in [4.69, 9.17) is 5.73 Å². The molecule has 8 heteroatoms. The highest BCUT2D eigenvalue weighted by Gasteiger charge is 2.27. The number of ether oxygens (including phenoxy) is 1. The molecule has 0 saturated carbocycles. The van der Waals surface area contributed by atoms with Crippen molar-refractivity contribution >= 4 is 17.6 Å². The van der Waals surface area contributed by atoms with Crippen molar-refractivity contribution in [2.45, 2.75) is 19.5 Å². The molecule has 0 heterocycles. The number of amides is 1. The van der Waals surface area contributed by atoms with Crippen LogP contribution in [0.25, 0.3) is 0 Å². The van der Waals surface area contributed by atoms with Crippen LogP contribution < -0.4 is 5.73 Å². The number of likely N-dealkylation sites (N-methyl/N-ethyl adjacent to an activating group) is 1. The summed E-state index contributed by atoms with van der Waals surface area (Å²) in [6.07, 6.45) is 0. The molecule has 0 aliphatic heterocycles. The van der Waals surface area contributed by atoms with Gasteiger partial charge in [0.15, 0.2) is 6.04 Å². The number of nitro benzene ring substituents is 1. The van der Waals surface area contributed by atoms with Crippen molar-refractivity contribution in [1.29, 1.82) is 0 Å². The first kappa shape index (κ1) is 16.6. The van der Waals surface area contributed by atoms with Crippen LogP contribution in [0.5, 0.6) is 0 Å². The van der Waals surface area contributed by atoms with Gasteiger partial charge in [-0.05, 0) is 6.92 Å². The predicted molar refractivity (Wildman–Crippen MR) is 74.2 cm³/mol. The summed E-state index contributed by atoms with van der Waals surface area (Å²) in [5.41, 5.74) is 5.76. The molecule has 0 radical (unpaired) electrons. The summed E-state index contributed by atoms with van der Waals surface area (Å²) in [5.74, 6) is -1.48. The summed E-state index contributed by atoms with van der Waals surface area (Å²) >= 11 is 0. The normalized spacial score (nSPS) is 11.6. The molecule has 0 fully saturated rings. The third kappa shape index (κ3) is 4.25. The maximum atomic E-state index is 12.0. The second-order valence-corrected chi connectivity index (χ2v) is 4.31. The molecule has 1 aromatic carbocycles. The minimum Gasteiger partial charge on any atom is -0.464 e. The summed E-state index contributed by atoms with van der Waals surface area (Å²) in [6.45, 7) is 1.70. The SMILES string of the molecule is CCOC(=O)C(N)C(=O)N(C)Cc1ccccc1[N+](=O)[O-]. The van der Waals surface area contributed by atoms with E-state index >= 15 is 0 Å². The first-order valence-corrected chi connectivity index (χ1v) is 6.28. The lowest BCUT2D eigenvalue weighted by Gasteiger charge is -2.20. The van der Waals surface area contributed by atoms with Crippen LogP contribution in [0.4, 0.5) is 5.69 Å². The van der Waals surface area contributed by atoms with Crippen LogP contribution in [0.1, 0.15) is 12.5 Å². The van der Waals surface area contributed by atoms with Gasteiger partial charge in [-0.3, -0.25) is 14.9 Å². The molecule has 1 amide bonds. The van der Waals surface area contributed by atoms with Gasteiger partial charge in [-0.1, -0.05) is 18.2 Å². The van der Waals surface area contributed by atoms with E-state index in [-0.39, 0.29) is 18.8 Å². The van der Waals surface area contributed by atoms with E-state index in [9.17, 15) is 19.7 Å². The van der Waals surface area contributed by atoms with Crippen molar-refractivity contribution in [3.05, 3.63) is 39.9 Å². The average molecular weight is 295 g/mol. The van der Waals surface area contributed by atoms with E-state index in [2.05, 4.69) is 4.74 Å². The lowest BCUT2D eigenvalue weighted by Crippen LogP contribution is -2.47. The lowest BCUT2D eigenvalue weighted by molar-refractivity contribution is -0.385. The van der Waals surface area contributed by atoms with E-state index < -0.39 is 22.8 Å². The van der Waals surface area contributed by atoms with Gasteiger partial charge in [-0.15, -0.1) is 0 Å². The highest BCUT2D eigenvalue weighted by Crippen LogP contribution is 2.19. The van der Waals surface area contributed by atoms with Gasteiger partial charge >= 0.3 is 5.97 Å². The van der Waals surface area contributed by atoms with E-state index in [0.717, 1.165) is 4.90 Å². The molecular weight excluding hydrogens is 278 g/mol. The number of hydrogen-bond donors (Lipinski definition) is 1. The Morgan fingerprint density at radius 1 is 1.43 bits per heavy atom. The minimum absolute atomic E-state index is 0.0247. The zero-order chi connectivity index (χ0) is 16.0. The Bertz CT molecular complexity index is 546. The predicted octanol–water partition coefficient (Wildman–Crippen LogP) is 0.444. The number of nitrogens with zero attached hydrogens (tertiary/aromatic N) is 2. The van der Waals surface area contributed by atoms with Crippen LogP contribution >= 0.6 is 0 Å². The van der Waals surface area contributed by atoms with Gasteiger partial charge in [0, 0.05) is 18.7 Å². The standard InChI is InChI=1S/C13H17N3O5/c1-3-21-13(18)11(14)12(17)15(2)8-9-6-4-5-7-10(9)16(19)20/h4-7,11H,3,8,14H2,1-2H3. The minimum atomic E-state index is -1.43. The van der Waals surface area contributed by atoms with E-state index in [0.29, 0.717) is 5.56 Å². The van der Waals surface area contributed by atoms with Crippen LogP contribution in [0.3, 0.4) is 0 Å². The fraction of sp³-hybridized carbons (Fsp3) is 0.385. The van der Waals surface area contributed by atoms with Gasteiger partial charge in [0.2, 0.25) is 0 Å². The fourth-order valence-electron chi connectivity index (χ4n) is 1.73. The van der Waals surface area contributed by atoms with Crippen LogP contribution in [0, 0.1) is 10.1 Å². The van der Waals surface area contributed by atoms with Gasteiger partial charge in [-0.25, -0.2) is 4.79 Å². The summed E-state index contributed by atoms with van der Waals surface area (Å²) in [5, 5.41) is 10.9. The van der Waals surface area contributed by atoms with Crippen LogP contribution in [-0.4, -0.2) is 41.4 Å². The zero-order valence-electron chi connectivity index (χ0n) is 11.8. The third-order valence-corrected chi connectivity index (χ3v) is 2.78. The number of hydrogen-bond acceptors (Lipinski definition) is 6. The molecule has 114 valence electrons. The summed E-state index contributed by atoms with van der Waals surface area (Å²) < 4.78 is 4.67. The van der Waals surface area contributed by atoms with Gasteiger partial charge in [0.25, 0.3) is 11.6 Å². The molecule has 1 aromatic rings. The van der Waals surface area contributed by atoms with Gasteiger partial charge in [0.05, 0.1) is 18.1 Å². The monoisotopic (exact) mass is 295 g/mol. The Morgan fingerprint density at radius 3 is 2.62 bits per heavy atom. The number of nitrogens with two attached hydrogens (primary N) is 1. The summed E-state index contributed by atoms with van der Waals surface area (Å²) in [4.78, 5) is 34.9. The molecule has 0 aromatic heterocycles. The quantitative estimate of drug-likeness (QED) is 0.352. The third-order valence-electron chi connectivity index (χ3n) is 2.78. The van der Waals surface area contributed by atoms with Gasteiger partial charge in [-0.2, -0.15) is 0 Å². The maximum absolute atomic E-state index is 12.0. The van der Waals surface area contributed by atoms with Crippen molar-refractivity contribution in [2.75, 3.05) is 13.7 Å². The zero-order valence-corrected chi connectivity index (χ0v) is 11.8. The van der Waals surface area contributed by atoms with Gasteiger partial charge < -0.3 is 15.4 Å². The van der Waals surface area contributed by atoms with E-state index in [1.807, 2.05) is 0 Å². The molecule has 0 aliphatic carbocycles. The number of rotatable bonds is 6. The van der Waals surface area contributed by atoms with Crippen molar-refractivity contribution in [3.8, 4) is 0 Å². The molecule has 0 aliphatic rings. The number of carbonyl (C=O) groups is 2. The van der Waals surface area contributed by atoms with E-state index in [1.54, 1.807) is 13.0 Å². The van der Waals surface area contributed by atoms with E-state index in [1.165, 1.54) is 25.2 Å². The van der Waals surface area contributed by atoms with Crippen LogP contribution in [0.2, 0.25) is 0 Å². The number of esters is 1. The Hall–Kier alpha value is -2.48. The fourth-order valence-corrected chi connectivity index (χ4v) is 1.73. The average Bonchev–Trinajstić information content (AvgIpc) is 2.46. The van der Waals surface area contributed by atoms with Crippen molar-refractivity contribution in [2.24, 2.45) is 5.73 Å². The maximum Gasteiger partial charge on any atom is 0.332 e. The second-order valence-electron chi connectivity index (χ2n) is 4.31. The molecule has 8 nitrogen and oxygen atoms in total. The lowest BCUT2D eigenvalue weighted by atomic mass is 10.1. The largest absolute Gasteiger partial charge is 0.464 e. The smallest absolute Gasteiger partial charge is 0.332 e. The molecule has 0 saturated heterocycles. The number of carbonyl (C=O) groups excluding carboxylic acids is 2. The Kier molecular flexibility index (Phi) is 5.79. The van der Waals surface area contributed by atoms with Crippen LogP contribution in [0.15, 0.2) is 24.3 Å². The van der Waals surface area contributed by atoms with Gasteiger partial charge in [0.1, 0.15) is 0 Å². The molecule has 21 heavy (non-hydrogen) atoms. The Morgan fingerprint density at radius 2 is 2.05 bits per heavy atom. The molecule has 1 atom stereocenters. The summed E-state index contributed by atoms with van der Waals surface area (Å²) in [7, 11) is 1.41. The Labute approximate surface area is 121 Å². The Balaban J connectivity index is 2.82. The molecular formula is C13H17N3O5. The first-order valence-electron chi connectivity index (χ1n) is 6.28. The summed E-state index contributed by atoms with van der Waals surface area (Å²) in [6, 6.07) is 4.62.